The SMILES string of the molecule is CN(C)c1ccc(C(c2ccc3c(c2)OCO3)N2CCCC2C(=O)O)cc1. The normalized spacial score (nSPS) is 19.9. The second kappa shape index (κ2) is 7.12. The molecule has 6 nitrogen and oxygen atoms in total. The summed E-state index contributed by atoms with van der Waals surface area (Å²) in [6, 6.07) is 13.6. The number of hydrogen-bond acceptors (Lipinski definition) is 5. The molecule has 2 aromatic carbocycles. The van der Waals surface area contributed by atoms with Crippen LogP contribution in [-0.4, -0.2) is 49.5 Å². The van der Waals surface area contributed by atoms with Gasteiger partial charge in [0.1, 0.15) is 6.04 Å². The zero-order chi connectivity index (χ0) is 19.0. The Morgan fingerprint density at radius 2 is 1.81 bits per heavy atom. The maximum atomic E-state index is 11.8. The van der Waals surface area contributed by atoms with Crippen molar-refractivity contribution in [1.29, 1.82) is 0 Å². The lowest BCUT2D eigenvalue weighted by Crippen LogP contribution is -2.39. The Bertz CT molecular complexity index is 835. The number of benzene rings is 2. The molecular weight excluding hydrogens is 344 g/mol. The van der Waals surface area contributed by atoms with Gasteiger partial charge in [0.05, 0.1) is 6.04 Å². The molecule has 1 fully saturated rings. The van der Waals surface area contributed by atoms with Crippen molar-refractivity contribution in [2.45, 2.75) is 24.9 Å². The summed E-state index contributed by atoms with van der Waals surface area (Å²) in [5.74, 6) is 0.688. The predicted octanol–water partition coefficient (Wildman–Crippen LogP) is 3.12. The standard InChI is InChI=1S/C21H24N2O4/c1-22(2)16-8-5-14(6-9-16)20(23-11-3-4-17(23)21(24)25)15-7-10-18-19(12-15)27-13-26-18/h5-10,12,17,20H,3-4,11,13H2,1-2H3,(H,24,25). The smallest absolute Gasteiger partial charge is 0.320 e. The first-order valence-corrected chi connectivity index (χ1v) is 9.20. The third-order valence-electron chi connectivity index (χ3n) is 5.35. The minimum Gasteiger partial charge on any atom is -0.480 e. The first-order chi connectivity index (χ1) is 13.0. The van der Waals surface area contributed by atoms with E-state index in [9.17, 15) is 9.90 Å². The molecule has 1 saturated heterocycles. The molecule has 2 aromatic rings. The third-order valence-corrected chi connectivity index (χ3v) is 5.35. The molecule has 0 radical (unpaired) electrons. The number of carboxylic acid groups (broad SMARTS) is 1. The van der Waals surface area contributed by atoms with Crippen molar-refractivity contribution in [2.24, 2.45) is 0 Å². The van der Waals surface area contributed by atoms with Crippen LogP contribution in [0.15, 0.2) is 42.5 Å². The lowest BCUT2D eigenvalue weighted by Gasteiger charge is -2.32. The molecule has 2 heterocycles. The van der Waals surface area contributed by atoms with Crippen molar-refractivity contribution < 1.29 is 19.4 Å². The van der Waals surface area contributed by atoms with Crippen LogP contribution in [0.4, 0.5) is 5.69 Å². The van der Waals surface area contributed by atoms with Crippen molar-refractivity contribution >= 4 is 11.7 Å². The highest BCUT2D eigenvalue weighted by atomic mass is 16.7. The van der Waals surface area contributed by atoms with Crippen LogP contribution in [-0.2, 0) is 4.79 Å². The summed E-state index contributed by atoms with van der Waals surface area (Å²) in [5, 5.41) is 9.71. The van der Waals surface area contributed by atoms with Crippen LogP contribution in [0.25, 0.3) is 0 Å². The second-order valence-electron chi connectivity index (χ2n) is 7.24. The number of ether oxygens (including phenoxy) is 2. The number of fused-ring (bicyclic) bond motifs is 1. The van der Waals surface area contributed by atoms with E-state index < -0.39 is 12.0 Å². The van der Waals surface area contributed by atoms with E-state index in [2.05, 4.69) is 34.1 Å². The highest BCUT2D eigenvalue weighted by molar-refractivity contribution is 5.74. The van der Waals surface area contributed by atoms with Gasteiger partial charge in [-0.1, -0.05) is 18.2 Å². The average Bonchev–Trinajstić information content (AvgIpc) is 3.31. The minimum absolute atomic E-state index is 0.140. The van der Waals surface area contributed by atoms with Crippen molar-refractivity contribution in [3.8, 4) is 11.5 Å². The average molecular weight is 368 g/mol. The van der Waals surface area contributed by atoms with Crippen LogP contribution in [0.3, 0.4) is 0 Å². The molecule has 0 aliphatic carbocycles. The Hall–Kier alpha value is -2.73. The number of rotatable bonds is 5. The Balaban J connectivity index is 1.76. The molecule has 1 N–H and O–H groups in total. The van der Waals surface area contributed by atoms with Gasteiger partial charge in [-0.2, -0.15) is 0 Å². The highest BCUT2D eigenvalue weighted by Gasteiger charge is 2.37. The molecule has 6 heteroatoms. The molecular formula is C21H24N2O4. The van der Waals surface area contributed by atoms with Gasteiger partial charge in [-0.05, 0) is 48.2 Å². The number of carbonyl (C=O) groups is 1. The Morgan fingerprint density at radius 3 is 2.52 bits per heavy atom. The maximum absolute atomic E-state index is 11.8. The van der Waals surface area contributed by atoms with E-state index in [1.165, 1.54) is 0 Å². The Labute approximate surface area is 158 Å². The summed E-state index contributed by atoms with van der Waals surface area (Å²) >= 11 is 0. The van der Waals surface area contributed by atoms with Crippen LogP contribution >= 0.6 is 0 Å². The van der Waals surface area contributed by atoms with E-state index in [-0.39, 0.29) is 12.8 Å². The third kappa shape index (κ3) is 3.32. The molecule has 142 valence electrons. The monoisotopic (exact) mass is 368 g/mol. The topological polar surface area (TPSA) is 62.2 Å². The number of nitrogens with zero attached hydrogens (tertiary/aromatic N) is 2. The van der Waals surface area contributed by atoms with Gasteiger partial charge < -0.3 is 19.5 Å². The van der Waals surface area contributed by atoms with Gasteiger partial charge in [0.25, 0.3) is 0 Å². The molecule has 2 atom stereocenters. The molecule has 2 unspecified atom stereocenters. The van der Waals surface area contributed by atoms with Gasteiger partial charge in [0.2, 0.25) is 6.79 Å². The number of hydrogen-bond donors (Lipinski definition) is 1. The first-order valence-electron chi connectivity index (χ1n) is 9.20. The van der Waals surface area contributed by atoms with Crippen molar-refractivity contribution in [1.82, 2.24) is 4.90 Å². The van der Waals surface area contributed by atoms with Crippen LogP contribution in [0, 0.1) is 0 Å². The van der Waals surface area contributed by atoms with Gasteiger partial charge in [-0.25, -0.2) is 0 Å². The van der Waals surface area contributed by atoms with Crippen LogP contribution < -0.4 is 14.4 Å². The van der Waals surface area contributed by atoms with Gasteiger partial charge >= 0.3 is 5.97 Å². The lowest BCUT2D eigenvalue weighted by molar-refractivity contribution is -0.142. The number of carboxylic acids is 1. The minimum atomic E-state index is -0.761. The zero-order valence-corrected chi connectivity index (χ0v) is 15.6. The molecule has 0 saturated carbocycles. The van der Waals surface area contributed by atoms with Crippen molar-refractivity contribution in [3.05, 3.63) is 53.6 Å². The fraction of sp³-hybridized carbons (Fsp3) is 0.381. The van der Waals surface area contributed by atoms with Crippen LogP contribution in [0.2, 0.25) is 0 Å². The van der Waals surface area contributed by atoms with Gasteiger partial charge in [0, 0.05) is 26.3 Å². The molecule has 0 spiro atoms. The second-order valence-corrected chi connectivity index (χ2v) is 7.24. The summed E-state index contributed by atoms with van der Waals surface area (Å²) < 4.78 is 11.0. The summed E-state index contributed by atoms with van der Waals surface area (Å²) in [7, 11) is 4.01. The molecule has 0 amide bonds. The summed E-state index contributed by atoms with van der Waals surface area (Å²) in [5.41, 5.74) is 3.21. The van der Waals surface area contributed by atoms with Crippen molar-refractivity contribution in [3.63, 3.8) is 0 Å². The van der Waals surface area contributed by atoms with E-state index >= 15 is 0 Å². The quantitative estimate of drug-likeness (QED) is 0.875. The summed E-state index contributed by atoms with van der Waals surface area (Å²) in [6.07, 6.45) is 1.56. The molecule has 0 bridgehead atoms. The van der Waals surface area contributed by atoms with E-state index in [4.69, 9.17) is 9.47 Å². The van der Waals surface area contributed by atoms with E-state index in [0.29, 0.717) is 12.2 Å². The highest BCUT2D eigenvalue weighted by Crippen LogP contribution is 2.40. The van der Waals surface area contributed by atoms with Crippen LogP contribution in [0.1, 0.15) is 30.0 Å². The molecule has 0 aromatic heterocycles. The number of anilines is 1. The molecule has 4 rings (SSSR count). The number of aliphatic carboxylic acids is 1. The summed E-state index contributed by atoms with van der Waals surface area (Å²) in [6.45, 7) is 0.980. The fourth-order valence-corrected chi connectivity index (χ4v) is 3.98. The lowest BCUT2D eigenvalue weighted by atomic mass is 9.95. The first kappa shape index (κ1) is 17.7. The van der Waals surface area contributed by atoms with Gasteiger partial charge in [0.15, 0.2) is 11.5 Å². The van der Waals surface area contributed by atoms with Crippen molar-refractivity contribution in [2.75, 3.05) is 32.3 Å². The summed E-state index contributed by atoms with van der Waals surface area (Å²) in [4.78, 5) is 16.0. The molecule has 2 aliphatic heterocycles. The van der Waals surface area contributed by atoms with E-state index in [1.807, 2.05) is 32.3 Å². The van der Waals surface area contributed by atoms with E-state index in [0.717, 1.165) is 35.5 Å². The predicted molar refractivity (Wildman–Crippen MR) is 103 cm³/mol. The Kier molecular flexibility index (Phi) is 4.66. The van der Waals surface area contributed by atoms with E-state index in [1.54, 1.807) is 0 Å². The number of likely N-dealkylation sites (tertiary alicyclic amines) is 1. The molecule has 2 aliphatic rings. The zero-order valence-electron chi connectivity index (χ0n) is 15.6. The maximum Gasteiger partial charge on any atom is 0.320 e. The van der Waals surface area contributed by atoms with Crippen LogP contribution in [0.5, 0.6) is 11.5 Å². The molecule has 27 heavy (non-hydrogen) atoms. The fourth-order valence-electron chi connectivity index (χ4n) is 3.98. The van der Waals surface area contributed by atoms with Gasteiger partial charge in [-0.15, -0.1) is 0 Å². The largest absolute Gasteiger partial charge is 0.480 e. The van der Waals surface area contributed by atoms with Gasteiger partial charge in [-0.3, -0.25) is 9.69 Å². The Morgan fingerprint density at radius 1 is 1.11 bits per heavy atom.